The van der Waals surface area contributed by atoms with Crippen LogP contribution in [-0.2, 0) is 9.53 Å². The second-order valence-electron chi connectivity index (χ2n) is 4.10. The van der Waals surface area contributed by atoms with Crippen LogP contribution < -0.4 is 4.90 Å². The summed E-state index contributed by atoms with van der Waals surface area (Å²) in [7, 11) is 1.33. The molecule has 0 amide bonds. The molecule has 96 valence electrons. The van der Waals surface area contributed by atoms with Crippen LogP contribution in [0.15, 0.2) is 6.07 Å². The number of esters is 1. The zero-order valence-electron chi connectivity index (χ0n) is 11.0. The number of nitriles is 1. The van der Waals surface area contributed by atoms with Crippen LogP contribution in [0.2, 0.25) is 0 Å². The van der Waals surface area contributed by atoms with E-state index >= 15 is 0 Å². The van der Waals surface area contributed by atoms with Crippen molar-refractivity contribution in [2.24, 2.45) is 0 Å². The Morgan fingerprint density at radius 1 is 1.56 bits per heavy atom. The van der Waals surface area contributed by atoms with Gasteiger partial charge < -0.3 is 9.64 Å². The Balaban J connectivity index is 3.10. The van der Waals surface area contributed by atoms with Gasteiger partial charge in [-0.25, -0.2) is 9.97 Å². The van der Waals surface area contributed by atoms with Crippen molar-refractivity contribution in [2.45, 2.75) is 26.8 Å². The summed E-state index contributed by atoms with van der Waals surface area (Å²) in [6.45, 7) is 5.67. The molecule has 6 heteroatoms. The summed E-state index contributed by atoms with van der Waals surface area (Å²) in [5.41, 5.74) is 0.972. The third-order valence-electron chi connectivity index (χ3n) is 2.36. The topological polar surface area (TPSA) is 79.1 Å². The van der Waals surface area contributed by atoms with Crippen LogP contribution in [0.4, 0.5) is 5.95 Å². The maximum absolute atomic E-state index is 11.4. The van der Waals surface area contributed by atoms with E-state index in [2.05, 4.69) is 14.7 Å². The lowest BCUT2D eigenvalue weighted by atomic mass is 10.3. The average molecular weight is 248 g/mol. The van der Waals surface area contributed by atoms with Crippen molar-refractivity contribution in [1.82, 2.24) is 9.97 Å². The van der Waals surface area contributed by atoms with E-state index in [0.717, 1.165) is 0 Å². The largest absolute Gasteiger partial charge is 0.468 e. The zero-order chi connectivity index (χ0) is 13.7. The average Bonchev–Trinajstić information content (AvgIpc) is 2.34. The van der Waals surface area contributed by atoms with E-state index in [1.54, 1.807) is 17.9 Å². The summed E-state index contributed by atoms with van der Waals surface area (Å²) in [6.07, 6.45) is 0. The normalized spacial score (nSPS) is 10.0. The van der Waals surface area contributed by atoms with E-state index in [1.165, 1.54) is 7.11 Å². The van der Waals surface area contributed by atoms with Crippen molar-refractivity contribution in [3.8, 4) is 6.07 Å². The van der Waals surface area contributed by atoms with Crippen LogP contribution in [0.25, 0.3) is 0 Å². The number of methoxy groups -OCH3 is 1. The Kier molecular flexibility index (Phi) is 4.60. The standard InChI is InChI=1S/C12H16N4O2/c1-8(2)16(7-11(17)18-4)12-14-9(3)5-10(6-13)15-12/h5,8H,7H2,1-4H3. The van der Waals surface area contributed by atoms with E-state index in [1.807, 2.05) is 19.9 Å². The molecule has 0 fully saturated rings. The Labute approximate surface area is 106 Å². The Hall–Kier alpha value is -2.16. The van der Waals surface area contributed by atoms with Gasteiger partial charge in [-0.1, -0.05) is 0 Å². The van der Waals surface area contributed by atoms with Crippen molar-refractivity contribution in [1.29, 1.82) is 5.26 Å². The van der Waals surface area contributed by atoms with Gasteiger partial charge in [-0.15, -0.1) is 0 Å². The monoisotopic (exact) mass is 248 g/mol. The third kappa shape index (κ3) is 3.42. The highest BCUT2D eigenvalue weighted by atomic mass is 16.5. The number of ether oxygens (including phenoxy) is 1. The number of aryl methyl sites for hydroxylation is 1. The van der Waals surface area contributed by atoms with Gasteiger partial charge in [0.1, 0.15) is 18.3 Å². The van der Waals surface area contributed by atoms with Gasteiger partial charge in [-0.05, 0) is 26.8 Å². The highest BCUT2D eigenvalue weighted by molar-refractivity contribution is 5.75. The maximum atomic E-state index is 11.4. The number of carbonyl (C=O) groups is 1. The number of aromatic nitrogens is 2. The Morgan fingerprint density at radius 2 is 2.22 bits per heavy atom. The van der Waals surface area contributed by atoms with Crippen LogP contribution in [0.5, 0.6) is 0 Å². The molecule has 1 aromatic heterocycles. The molecular weight excluding hydrogens is 232 g/mol. The minimum atomic E-state index is -0.368. The van der Waals surface area contributed by atoms with Crippen LogP contribution in [0, 0.1) is 18.3 Å². The quantitative estimate of drug-likeness (QED) is 0.741. The van der Waals surface area contributed by atoms with Gasteiger partial charge in [-0.2, -0.15) is 5.26 Å². The highest BCUT2D eigenvalue weighted by Gasteiger charge is 2.18. The molecule has 0 aliphatic rings. The SMILES string of the molecule is COC(=O)CN(c1nc(C)cc(C#N)n1)C(C)C. The molecule has 1 aromatic rings. The number of carbonyl (C=O) groups excluding carboxylic acids is 1. The molecule has 0 aromatic carbocycles. The zero-order valence-corrected chi connectivity index (χ0v) is 11.0. The van der Waals surface area contributed by atoms with Gasteiger partial charge in [0.15, 0.2) is 0 Å². The fourth-order valence-electron chi connectivity index (χ4n) is 1.43. The van der Waals surface area contributed by atoms with Crippen molar-refractivity contribution in [3.05, 3.63) is 17.5 Å². The number of anilines is 1. The highest BCUT2D eigenvalue weighted by Crippen LogP contribution is 2.13. The number of hydrogen-bond donors (Lipinski definition) is 0. The van der Waals surface area contributed by atoms with Gasteiger partial charge >= 0.3 is 5.97 Å². The van der Waals surface area contributed by atoms with E-state index in [0.29, 0.717) is 11.6 Å². The molecule has 1 heterocycles. The molecule has 0 radical (unpaired) electrons. The van der Waals surface area contributed by atoms with Crippen molar-refractivity contribution in [3.63, 3.8) is 0 Å². The minimum absolute atomic E-state index is 0.0254. The van der Waals surface area contributed by atoms with Gasteiger partial charge in [0, 0.05) is 11.7 Å². The number of nitrogens with zero attached hydrogens (tertiary/aromatic N) is 4. The molecule has 1 rings (SSSR count). The van der Waals surface area contributed by atoms with Crippen molar-refractivity contribution in [2.75, 3.05) is 18.6 Å². The van der Waals surface area contributed by atoms with Gasteiger partial charge in [0.05, 0.1) is 7.11 Å². The summed E-state index contributed by atoms with van der Waals surface area (Å²) in [6, 6.07) is 3.60. The second-order valence-corrected chi connectivity index (χ2v) is 4.10. The number of rotatable bonds is 4. The van der Waals surface area contributed by atoms with E-state index in [9.17, 15) is 4.79 Å². The first-order valence-corrected chi connectivity index (χ1v) is 5.57. The fourth-order valence-corrected chi connectivity index (χ4v) is 1.43. The van der Waals surface area contributed by atoms with Crippen molar-refractivity contribution >= 4 is 11.9 Å². The molecular formula is C12H16N4O2. The Morgan fingerprint density at radius 3 is 2.72 bits per heavy atom. The lowest BCUT2D eigenvalue weighted by molar-refractivity contribution is -0.139. The first-order chi connectivity index (χ1) is 8.47. The molecule has 0 spiro atoms. The molecule has 6 nitrogen and oxygen atoms in total. The number of hydrogen-bond acceptors (Lipinski definition) is 6. The molecule has 18 heavy (non-hydrogen) atoms. The molecule has 0 atom stereocenters. The molecule has 0 aliphatic heterocycles. The lowest BCUT2D eigenvalue weighted by Gasteiger charge is -2.25. The molecule has 0 N–H and O–H groups in total. The smallest absolute Gasteiger partial charge is 0.325 e. The minimum Gasteiger partial charge on any atom is -0.468 e. The molecule has 0 saturated carbocycles. The third-order valence-corrected chi connectivity index (χ3v) is 2.36. The van der Waals surface area contributed by atoms with Gasteiger partial charge in [0.25, 0.3) is 0 Å². The summed E-state index contributed by atoms with van der Waals surface area (Å²) in [4.78, 5) is 21.4. The Bertz CT molecular complexity index is 479. The summed E-state index contributed by atoms with van der Waals surface area (Å²) >= 11 is 0. The fraction of sp³-hybridized carbons (Fsp3) is 0.500. The predicted octanol–water partition coefficient (Wildman–Crippen LogP) is 1.04. The molecule has 0 aliphatic carbocycles. The summed E-state index contributed by atoms with van der Waals surface area (Å²) in [5, 5.41) is 8.88. The van der Waals surface area contributed by atoms with Gasteiger partial charge in [-0.3, -0.25) is 4.79 Å². The van der Waals surface area contributed by atoms with Crippen molar-refractivity contribution < 1.29 is 9.53 Å². The second kappa shape index (κ2) is 5.96. The van der Waals surface area contributed by atoms with Crippen LogP contribution in [0.3, 0.4) is 0 Å². The first kappa shape index (κ1) is 13.9. The molecule has 0 saturated heterocycles. The predicted molar refractivity (Wildman–Crippen MR) is 66.0 cm³/mol. The lowest BCUT2D eigenvalue weighted by Crippen LogP contribution is -2.37. The van der Waals surface area contributed by atoms with E-state index in [4.69, 9.17) is 5.26 Å². The van der Waals surface area contributed by atoms with Gasteiger partial charge in [0.2, 0.25) is 5.95 Å². The van der Waals surface area contributed by atoms with E-state index < -0.39 is 0 Å². The summed E-state index contributed by atoms with van der Waals surface area (Å²) < 4.78 is 4.64. The molecule has 0 bridgehead atoms. The molecule has 0 unspecified atom stereocenters. The maximum Gasteiger partial charge on any atom is 0.325 e. The van der Waals surface area contributed by atoms with E-state index in [-0.39, 0.29) is 24.2 Å². The summed E-state index contributed by atoms with van der Waals surface area (Å²) in [5.74, 6) is -0.000682. The van der Waals surface area contributed by atoms with Crippen LogP contribution in [0.1, 0.15) is 25.2 Å². The van der Waals surface area contributed by atoms with Crippen LogP contribution in [-0.4, -0.2) is 35.6 Å². The first-order valence-electron chi connectivity index (χ1n) is 5.57. The van der Waals surface area contributed by atoms with Crippen LogP contribution >= 0.6 is 0 Å².